The van der Waals surface area contributed by atoms with Gasteiger partial charge in [-0.05, 0) is 30.0 Å². The number of phenolic OH excluding ortho intramolecular Hbond substituents is 1. The molecule has 4 heteroatoms. The normalized spacial score (nSPS) is 18.4. The van der Waals surface area contributed by atoms with Gasteiger partial charge in [-0.3, -0.25) is 5.10 Å². The fourth-order valence-corrected chi connectivity index (χ4v) is 2.32. The first-order chi connectivity index (χ1) is 7.84. The van der Waals surface area contributed by atoms with Gasteiger partial charge in [0.2, 0.25) is 0 Å². The highest BCUT2D eigenvalue weighted by molar-refractivity contribution is 5.49. The smallest absolute Gasteiger partial charge is 0.119 e. The Morgan fingerprint density at radius 1 is 1.44 bits per heavy atom. The van der Waals surface area contributed by atoms with Gasteiger partial charge in [-0.2, -0.15) is 5.10 Å². The van der Waals surface area contributed by atoms with Gasteiger partial charge in [0.1, 0.15) is 5.75 Å². The van der Waals surface area contributed by atoms with Crippen molar-refractivity contribution in [2.24, 2.45) is 0 Å². The zero-order chi connectivity index (χ0) is 11.0. The third-order valence-corrected chi connectivity index (χ3v) is 3.09. The Labute approximate surface area is 93.3 Å². The summed E-state index contributed by atoms with van der Waals surface area (Å²) in [6.45, 7) is 0. The zero-order valence-electron chi connectivity index (χ0n) is 8.77. The summed E-state index contributed by atoms with van der Waals surface area (Å²) >= 11 is 0. The van der Waals surface area contributed by atoms with E-state index >= 15 is 0 Å². The lowest BCUT2D eigenvalue weighted by atomic mass is 10.1. The Kier molecular flexibility index (Phi) is 2.06. The summed E-state index contributed by atoms with van der Waals surface area (Å²) < 4.78 is 0. The molecule has 0 spiro atoms. The predicted octanol–water partition coefficient (Wildman–Crippen LogP) is 2.21. The second-order valence-corrected chi connectivity index (χ2v) is 4.07. The van der Waals surface area contributed by atoms with Crippen LogP contribution in [-0.2, 0) is 6.42 Å². The van der Waals surface area contributed by atoms with Crippen molar-refractivity contribution < 1.29 is 5.11 Å². The topological polar surface area (TPSA) is 60.9 Å². The van der Waals surface area contributed by atoms with E-state index in [9.17, 15) is 5.11 Å². The predicted molar refractivity (Wildman–Crippen MR) is 61.4 cm³/mol. The van der Waals surface area contributed by atoms with Crippen molar-refractivity contribution in [2.45, 2.75) is 18.9 Å². The summed E-state index contributed by atoms with van der Waals surface area (Å²) in [5, 5.41) is 19.8. The third kappa shape index (κ3) is 1.43. The summed E-state index contributed by atoms with van der Waals surface area (Å²) in [4.78, 5) is 0. The number of fused-ring (bicyclic) bond motifs is 1. The van der Waals surface area contributed by atoms with E-state index < -0.39 is 0 Å². The summed E-state index contributed by atoms with van der Waals surface area (Å²) in [5.41, 5.74) is 3.26. The fourth-order valence-electron chi connectivity index (χ4n) is 2.32. The van der Waals surface area contributed by atoms with Crippen LogP contribution < -0.4 is 5.32 Å². The average molecular weight is 215 g/mol. The highest BCUT2D eigenvalue weighted by atomic mass is 16.3. The van der Waals surface area contributed by atoms with Gasteiger partial charge in [0.25, 0.3) is 0 Å². The quantitative estimate of drug-likeness (QED) is 0.719. The molecule has 3 N–H and O–H groups in total. The van der Waals surface area contributed by atoms with E-state index in [2.05, 4.69) is 21.6 Å². The van der Waals surface area contributed by atoms with E-state index in [0.717, 1.165) is 24.1 Å². The summed E-state index contributed by atoms with van der Waals surface area (Å²) in [6.07, 6.45) is 5.54. The lowest BCUT2D eigenvalue weighted by Gasteiger charge is -2.13. The van der Waals surface area contributed by atoms with Crippen LogP contribution in [0, 0.1) is 0 Å². The summed E-state index contributed by atoms with van der Waals surface area (Å²) in [6, 6.07) is 5.99. The van der Waals surface area contributed by atoms with Gasteiger partial charge < -0.3 is 10.4 Å². The van der Waals surface area contributed by atoms with Crippen molar-refractivity contribution in [3.05, 3.63) is 41.7 Å². The molecule has 1 aromatic heterocycles. The van der Waals surface area contributed by atoms with Gasteiger partial charge in [-0.1, -0.05) is 12.1 Å². The monoisotopic (exact) mass is 215 g/mol. The first-order valence-corrected chi connectivity index (χ1v) is 5.40. The highest BCUT2D eigenvalue weighted by Gasteiger charge is 2.24. The van der Waals surface area contributed by atoms with Crippen molar-refractivity contribution in [2.75, 3.05) is 5.32 Å². The van der Waals surface area contributed by atoms with Crippen LogP contribution in [0.25, 0.3) is 0 Å². The molecule has 1 unspecified atom stereocenters. The minimum absolute atomic E-state index is 0.277. The summed E-state index contributed by atoms with van der Waals surface area (Å²) in [7, 11) is 0. The average Bonchev–Trinajstić information content (AvgIpc) is 2.90. The van der Waals surface area contributed by atoms with Gasteiger partial charge in [0, 0.05) is 6.20 Å². The molecule has 0 aliphatic heterocycles. The van der Waals surface area contributed by atoms with Crippen LogP contribution in [-0.4, -0.2) is 15.3 Å². The number of benzene rings is 1. The van der Waals surface area contributed by atoms with E-state index in [1.54, 1.807) is 12.3 Å². The van der Waals surface area contributed by atoms with E-state index in [1.165, 1.54) is 5.56 Å². The number of nitrogens with one attached hydrogen (secondary N) is 2. The molecule has 0 amide bonds. The third-order valence-electron chi connectivity index (χ3n) is 3.09. The largest absolute Gasteiger partial charge is 0.508 e. The second-order valence-electron chi connectivity index (χ2n) is 4.07. The van der Waals surface area contributed by atoms with Crippen LogP contribution in [0.3, 0.4) is 0 Å². The molecule has 0 saturated heterocycles. The number of H-pyrrole nitrogens is 1. The van der Waals surface area contributed by atoms with E-state index in [0.29, 0.717) is 5.75 Å². The molecule has 1 atom stereocenters. The number of aromatic amines is 1. The zero-order valence-corrected chi connectivity index (χ0v) is 8.77. The molecule has 0 saturated carbocycles. The molecule has 1 aromatic carbocycles. The van der Waals surface area contributed by atoms with Crippen molar-refractivity contribution >= 4 is 5.69 Å². The maximum atomic E-state index is 9.73. The van der Waals surface area contributed by atoms with Crippen LogP contribution in [0.4, 0.5) is 5.69 Å². The number of aromatic hydroxyl groups is 1. The van der Waals surface area contributed by atoms with E-state index in [-0.39, 0.29) is 6.04 Å². The van der Waals surface area contributed by atoms with Gasteiger partial charge in [-0.25, -0.2) is 0 Å². The number of aromatic nitrogens is 2. The molecule has 82 valence electrons. The lowest BCUT2D eigenvalue weighted by Crippen LogP contribution is -2.06. The van der Waals surface area contributed by atoms with E-state index in [4.69, 9.17) is 0 Å². The van der Waals surface area contributed by atoms with Gasteiger partial charge >= 0.3 is 0 Å². The minimum atomic E-state index is 0.277. The standard InChI is InChI=1S/C12H13N3O/c16-12-3-1-2-9-10(12)4-5-11(9)15-8-6-13-14-7-8/h1-3,6-7,11,15-16H,4-5H2,(H,13,14). The molecule has 1 aliphatic rings. The van der Waals surface area contributed by atoms with Crippen LogP contribution in [0.1, 0.15) is 23.6 Å². The number of hydrogen-bond donors (Lipinski definition) is 3. The van der Waals surface area contributed by atoms with Crippen molar-refractivity contribution in [1.29, 1.82) is 0 Å². The maximum Gasteiger partial charge on any atom is 0.119 e. The molecule has 3 rings (SSSR count). The Hall–Kier alpha value is -1.97. The Morgan fingerprint density at radius 3 is 3.19 bits per heavy atom. The molecule has 16 heavy (non-hydrogen) atoms. The molecule has 1 aliphatic carbocycles. The van der Waals surface area contributed by atoms with Crippen LogP contribution in [0.15, 0.2) is 30.6 Å². The van der Waals surface area contributed by atoms with Crippen LogP contribution in [0.2, 0.25) is 0 Å². The molecule has 0 fully saturated rings. The van der Waals surface area contributed by atoms with Crippen LogP contribution in [0.5, 0.6) is 5.75 Å². The molecule has 1 heterocycles. The maximum absolute atomic E-state index is 9.73. The molecule has 2 aromatic rings. The second kappa shape index (κ2) is 3.56. The van der Waals surface area contributed by atoms with Gasteiger partial charge in [-0.15, -0.1) is 0 Å². The SMILES string of the molecule is Oc1cccc2c1CCC2Nc1cn[nH]c1. The van der Waals surface area contributed by atoms with Crippen LogP contribution >= 0.6 is 0 Å². The van der Waals surface area contributed by atoms with Crippen molar-refractivity contribution in [3.8, 4) is 5.75 Å². The molecule has 4 nitrogen and oxygen atoms in total. The first-order valence-electron chi connectivity index (χ1n) is 5.40. The molecule has 0 bridgehead atoms. The lowest BCUT2D eigenvalue weighted by molar-refractivity contribution is 0.469. The molecular weight excluding hydrogens is 202 g/mol. The first kappa shape index (κ1) is 9.27. The molecular formula is C12H13N3O. The van der Waals surface area contributed by atoms with E-state index in [1.807, 2.05) is 12.3 Å². The van der Waals surface area contributed by atoms with Crippen molar-refractivity contribution in [1.82, 2.24) is 10.2 Å². The van der Waals surface area contributed by atoms with Gasteiger partial charge in [0.05, 0.1) is 17.9 Å². The Balaban J connectivity index is 1.89. The molecule has 0 radical (unpaired) electrons. The number of hydrogen-bond acceptors (Lipinski definition) is 3. The summed E-state index contributed by atoms with van der Waals surface area (Å²) in [5.74, 6) is 0.411. The number of rotatable bonds is 2. The minimum Gasteiger partial charge on any atom is -0.508 e. The highest BCUT2D eigenvalue weighted by Crippen LogP contribution is 2.37. The Bertz CT molecular complexity index is 493. The van der Waals surface area contributed by atoms with Gasteiger partial charge in [0.15, 0.2) is 0 Å². The number of anilines is 1. The Morgan fingerprint density at radius 2 is 2.38 bits per heavy atom. The fraction of sp³-hybridized carbons (Fsp3) is 0.250. The number of nitrogens with zero attached hydrogens (tertiary/aromatic N) is 1. The number of phenols is 1. The van der Waals surface area contributed by atoms with Crippen molar-refractivity contribution in [3.63, 3.8) is 0 Å².